The van der Waals surface area contributed by atoms with Gasteiger partial charge in [-0.25, -0.2) is 14.8 Å². The summed E-state index contributed by atoms with van der Waals surface area (Å²) in [7, 11) is -2.42. The molecule has 0 bridgehead atoms. The van der Waals surface area contributed by atoms with Crippen molar-refractivity contribution in [3.05, 3.63) is 46.2 Å². The predicted octanol–water partition coefficient (Wildman–Crippen LogP) is 5.54. The maximum Gasteiger partial charge on any atom is 0.332 e. The van der Waals surface area contributed by atoms with E-state index >= 15 is 0 Å². The Morgan fingerprint density at radius 3 is 2.00 bits per heavy atom. The summed E-state index contributed by atoms with van der Waals surface area (Å²) in [4.78, 5) is 21.6. The van der Waals surface area contributed by atoms with Crippen LogP contribution in [-0.4, -0.2) is 48.5 Å². The van der Waals surface area contributed by atoms with E-state index < -0.39 is 16.1 Å². The Morgan fingerprint density at radius 1 is 0.879 bits per heavy atom. The number of benzene rings is 1. The summed E-state index contributed by atoms with van der Waals surface area (Å²) in [5.41, 5.74) is 3.03. The van der Waals surface area contributed by atoms with E-state index in [0.717, 1.165) is 28.7 Å². The van der Waals surface area contributed by atoms with Crippen molar-refractivity contribution >= 4 is 38.8 Å². The summed E-state index contributed by atoms with van der Waals surface area (Å²) in [6.07, 6.45) is 1.62. The average molecular weight is 507 g/mol. The zero-order chi connectivity index (χ0) is 24.2. The molecule has 0 fully saturated rings. The Bertz CT molecular complexity index is 1150. The van der Waals surface area contributed by atoms with E-state index in [0.29, 0.717) is 18.9 Å². The van der Waals surface area contributed by atoms with E-state index in [1.807, 2.05) is 18.2 Å². The van der Waals surface area contributed by atoms with Gasteiger partial charge in [0.25, 0.3) is 0 Å². The first kappa shape index (κ1) is 25.8. The van der Waals surface area contributed by atoms with Crippen LogP contribution in [0.5, 0.6) is 0 Å². The Morgan fingerprint density at radius 2 is 1.45 bits per heavy atom. The molecule has 7 nitrogen and oxygen atoms in total. The Labute approximate surface area is 202 Å². The number of halogens is 1. The topological polar surface area (TPSA) is 71.2 Å². The van der Waals surface area contributed by atoms with Gasteiger partial charge in [0.15, 0.2) is 0 Å². The predicted molar refractivity (Wildman–Crippen MR) is 140 cm³/mol. The molecule has 0 aliphatic rings. The highest BCUT2D eigenvalue weighted by molar-refractivity contribution is 6.76. The number of aromatic nitrogens is 4. The van der Waals surface area contributed by atoms with Gasteiger partial charge in [0, 0.05) is 41.1 Å². The van der Waals surface area contributed by atoms with Crippen LogP contribution in [0.15, 0.2) is 35.3 Å². The van der Waals surface area contributed by atoms with Gasteiger partial charge in [0.1, 0.15) is 13.5 Å². The van der Waals surface area contributed by atoms with E-state index in [1.54, 1.807) is 21.4 Å². The fourth-order valence-corrected chi connectivity index (χ4v) is 4.95. The third kappa shape index (κ3) is 7.35. The van der Waals surface area contributed by atoms with E-state index in [4.69, 9.17) is 21.1 Å². The minimum atomic E-state index is -1.21. The first-order valence-corrected chi connectivity index (χ1v) is 19.1. The standard InChI is InChI=1S/C23H35ClN4O3Si2/c1-32(2,3)13-11-30-16-27-20-8-7-18(19-9-10-25-22(24)26-19)15-21(20)28(23(27)29)17-31-12-14-33(4,5)6/h7-10,15H,11-14,16-17H2,1-6H3. The lowest BCUT2D eigenvalue weighted by molar-refractivity contribution is 0.0755. The van der Waals surface area contributed by atoms with Crippen LogP contribution < -0.4 is 5.69 Å². The Hall–Kier alpha value is -1.79. The van der Waals surface area contributed by atoms with Crippen molar-refractivity contribution in [3.8, 4) is 11.3 Å². The molecule has 0 atom stereocenters. The monoisotopic (exact) mass is 506 g/mol. The first-order valence-electron chi connectivity index (χ1n) is 11.3. The summed E-state index contributed by atoms with van der Waals surface area (Å²) in [6, 6.07) is 9.73. The number of hydrogen-bond acceptors (Lipinski definition) is 5. The van der Waals surface area contributed by atoms with Crippen LogP contribution in [0.1, 0.15) is 0 Å². The lowest BCUT2D eigenvalue weighted by atomic mass is 10.1. The van der Waals surface area contributed by atoms with Crippen molar-refractivity contribution in [2.24, 2.45) is 0 Å². The van der Waals surface area contributed by atoms with Crippen LogP contribution in [0.3, 0.4) is 0 Å². The molecule has 0 radical (unpaired) electrons. The molecule has 33 heavy (non-hydrogen) atoms. The van der Waals surface area contributed by atoms with Crippen LogP contribution in [0, 0.1) is 0 Å². The normalized spacial score (nSPS) is 12.6. The maximum absolute atomic E-state index is 13.3. The fraction of sp³-hybridized carbons (Fsp3) is 0.522. The van der Waals surface area contributed by atoms with Crippen LogP contribution in [0.25, 0.3) is 22.3 Å². The second-order valence-corrected chi connectivity index (χ2v) is 22.3. The second-order valence-electron chi connectivity index (χ2n) is 10.7. The van der Waals surface area contributed by atoms with Gasteiger partial charge in [-0.05, 0) is 41.9 Å². The summed E-state index contributed by atoms with van der Waals surface area (Å²) in [6.45, 7) is 15.6. The second kappa shape index (κ2) is 10.6. The van der Waals surface area contributed by atoms with E-state index in [2.05, 4.69) is 49.3 Å². The molecule has 3 rings (SSSR count). The van der Waals surface area contributed by atoms with Gasteiger partial charge in [-0.3, -0.25) is 9.13 Å². The van der Waals surface area contributed by atoms with Crippen molar-refractivity contribution in [2.45, 2.75) is 64.8 Å². The molecule has 3 aromatic rings. The van der Waals surface area contributed by atoms with E-state index in [9.17, 15) is 4.79 Å². The van der Waals surface area contributed by atoms with Gasteiger partial charge < -0.3 is 9.47 Å². The van der Waals surface area contributed by atoms with E-state index in [1.165, 1.54) is 0 Å². The van der Waals surface area contributed by atoms with Crippen LogP contribution >= 0.6 is 11.6 Å². The van der Waals surface area contributed by atoms with E-state index in [-0.39, 0.29) is 24.4 Å². The number of nitrogens with zero attached hydrogens (tertiary/aromatic N) is 4. The molecule has 2 heterocycles. The SMILES string of the molecule is C[Si](C)(C)CCOCn1c(=O)n(COCC[Si](C)(C)C)c2cc(-c3ccnc(Cl)n3)ccc21. The summed E-state index contributed by atoms with van der Waals surface area (Å²) in [5.74, 6) is 0. The van der Waals surface area contributed by atoms with Crippen molar-refractivity contribution in [1.29, 1.82) is 0 Å². The van der Waals surface area contributed by atoms with Crippen LogP contribution in [-0.2, 0) is 22.9 Å². The number of rotatable bonds is 11. The summed E-state index contributed by atoms with van der Waals surface area (Å²) in [5, 5.41) is 0.188. The lowest BCUT2D eigenvalue weighted by Gasteiger charge is -2.15. The molecule has 10 heteroatoms. The molecule has 0 spiro atoms. The van der Waals surface area contributed by atoms with Gasteiger partial charge in [0.05, 0.1) is 16.7 Å². The maximum atomic E-state index is 13.3. The summed E-state index contributed by atoms with van der Waals surface area (Å²) >= 11 is 5.99. The van der Waals surface area contributed by atoms with Crippen LogP contribution in [0.4, 0.5) is 0 Å². The van der Waals surface area contributed by atoms with Crippen LogP contribution in [0.2, 0.25) is 56.7 Å². The zero-order valence-corrected chi connectivity index (χ0v) is 23.3. The Kier molecular flexibility index (Phi) is 8.33. The smallest absolute Gasteiger partial charge is 0.332 e. The molecule has 0 amide bonds. The molecular weight excluding hydrogens is 472 g/mol. The molecule has 0 saturated heterocycles. The molecule has 0 aliphatic carbocycles. The molecule has 0 N–H and O–H groups in total. The molecule has 0 aliphatic heterocycles. The van der Waals surface area contributed by atoms with Gasteiger partial charge >= 0.3 is 5.69 Å². The molecule has 180 valence electrons. The fourth-order valence-electron chi connectivity index (χ4n) is 3.29. The lowest BCUT2D eigenvalue weighted by Crippen LogP contribution is -2.28. The Balaban J connectivity index is 1.91. The molecule has 1 aromatic carbocycles. The van der Waals surface area contributed by atoms with Gasteiger partial charge in [0.2, 0.25) is 5.28 Å². The number of fused-ring (bicyclic) bond motifs is 1. The number of ether oxygens (including phenoxy) is 2. The van der Waals surface area contributed by atoms with Crippen molar-refractivity contribution in [3.63, 3.8) is 0 Å². The van der Waals surface area contributed by atoms with Gasteiger partial charge in [-0.1, -0.05) is 45.3 Å². The molecule has 2 aromatic heterocycles. The number of hydrogen-bond donors (Lipinski definition) is 0. The highest BCUT2D eigenvalue weighted by atomic mass is 35.5. The minimum absolute atomic E-state index is 0.135. The highest BCUT2D eigenvalue weighted by Crippen LogP contribution is 2.24. The highest BCUT2D eigenvalue weighted by Gasteiger charge is 2.17. The minimum Gasteiger partial charge on any atom is -0.361 e. The van der Waals surface area contributed by atoms with Crippen molar-refractivity contribution in [1.82, 2.24) is 19.1 Å². The largest absolute Gasteiger partial charge is 0.361 e. The van der Waals surface area contributed by atoms with Gasteiger partial charge in [-0.15, -0.1) is 0 Å². The quantitative estimate of drug-likeness (QED) is 0.194. The van der Waals surface area contributed by atoms with Crippen molar-refractivity contribution in [2.75, 3.05) is 13.2 Å². The third-order valence-electron chi connectivity index (χ3n) is 5.37. The molecular formula is C23H35ClN4O3Si2. The van der Waals surface area contributed by atoms with Gasteiger partial charge in [-0.2, -0.15) is 0 Å². The average Bonchev–Trinajstić information content (AvgIpc) is 2.97. The van der Waals surface area contributed by atoms with Crippen molar-refractivity contribution < 1.29 is 9.47 Å². The number of imidazole rings is 1. The third-order valence-corrected chi connectivity index (χ3v) is 8.96. The molecule has 0 unspecified atom stereocenters. The zero-order valence-electron chi connectivity index (χ0n) is 20.5. The molecule has 0 saturated carbocycles. The summed E-state index contributed by atoms with van der Waals surface area (Å²) < 4.78 is 15.2. The first-order chi connectivity index (χ1) is 15.4.